The summed E-state index contributed by atoms with van der Waals surface area (Å²) in [6.07, 6.45) is 4.12. The van der Waals surface area contributed by atoms with Crippen molar-refractivity contribution in [3.8, 4) is 0 Å². The Morgan fingerprint density at radius 1 is 1.62 bits per heavy atom. The summed E-state index contributed by atoms with van der Waals surface area (Å²) in [5, 5.41) is 7.34. The molecule has 1 aliphatic heterocycles. The van der Waals surface area contributed by atoms with E-state index in [2.05, 4.69) is 15.6 Å². The maximum atomic E-state index is 5.88. The number of hydrogen-bond acceptors (Lipinski definition) is 4. The van der Waals surface area contributed by atoms with Crippen LogP contribution in [-0.2, 0) is 6.54 Å². The molecule has 0 amide bonds. The molecule has 0 bridgehead atoms. The highest BCUT2D eigenvalue weighted by Crippen LogP contribution is 2.20. The molecule has 1 aliphatic rings. The van der Waals surface area contributed by atoms with Gasteiger partial charge in [-0.15, -0.1) is 0 Å². The van der Waals surface area contributed by atoms with E-state index in [1.165, 1.54) is 12.8 Å². The highest BCUT2D eigenvalue weighted by atomic mass is 35.5. The Hall–Kier alpha value is -0.840. The summed E-state index contributed by atoms with van der Waals surface area (Å²) in [6, 6.07) is 2.30. The molecule has 5 heteroatoms. The van der Waals surface area contributed by atoms with Crippen molar-refractivity contribution >= 4 is 17.3 Å². The summed E-state index contributed by atoms with van der Waals surface area (Å²) >= 11 is 5.88. The number of hydrogen-bond donors (Lipinski definition) is 3. The summed E-state index contributed by atoms with van der Waals surface area (Å²) in [5.74, 6) is 0. The van der Waals surface area contributed by atoms with E-state index in [9.17, 15) is 0 Å². The van der Waals surface area contributed by atoms with E-state index in [-0.39, 0.29) is 0 Å². The van der Waals surface area contributed by atoms with Crippen LogP contribution >= 0.6 is 11.6 Å². The van der Waals surface area contributed by atoms with Crippen molar-refractivity contribution in [2.45, 2.75) is 25.4 Å². The molecule has 1 aromatic heterocycles. The topological polar surface area (TPSA) is 63.0 Å². The van der Waals surface area contributed by atoms with Gasteiger partial charge in [0.2, 0.25) is 0 Å². The standard InChI is InChI=1S/C11H17ClN4/c12-11-4-10(8(5-13)6-15-11)16-9-2-1-3-14-7-9/h4,6,9,14H,1-3,5,7,13H2,(H,15,16). The number of nitrogens with one attached hydrogen (secondary N) is 2. The molecule has 1 aromatic rings. The number of pyridine rings is 1. The van der Waals surface area contributed by atoms with Crippen molar-refractivity contribution in [1.82, 2.24) is 10.3 Å². The molecular weight excluding hydrogens is 224 g/mol. The Morgan fingerprint density at radius 3 is 3.19 bits per heavy atom. The van der Waals surface area contributed by atoms with Gasteiger partial charge < -0.3 is 16.4 Å². The first-order valence-electron chi connectivity index (χ1n) is 5.61. The average molecular weight is 241 g/mol. The van der Waals surface area contributed by atoms with Gasteiger partial charge in [-0.3, -0.25) is 0 Å². The molecular formula is C11H17ClN4. The van der Waals surface area contributed by atoms with Crippen molar-refractivity contribution in [3.05, 3.63) is 23.0 Å². The molecule has 1 atom stereocenters. The quantitative estimate of drug-likeness (QED) is 0.699. The number of halogens is 1. The normalized spacial score (nSPS) is 20.8. The van der Waals surface area contributed by atoms with E-state index in [4.69, 9.17) is 17.3 Å². The van der Waals surface area contributed by atoms with Crippen LogP contribution in [0.3, 0.4) is 0 Å². The Balaban J connectivity index is 2.09. The number of nitrogens with two attached hydrogens (primary N) is 1. The van der Waals surface area contributed by atoms with E-state index in [1.54, 1.807) is 6.20 Å². The minimum Gasteiger partial charge on any atom is -0.381 e. The van der Waals surface area contributed by atoms with Gasteiger partial charge in [-0.2, -0.15) is 0 Å². The maximum absolute atomic E-state index is 5.88. The first kappa shape index (κ1) is 11.6. The second-order valence-corrected chi connectivity index (χ2v) is 4.44. The highest BCUT2D eigenvalue weighted by molar-refractivity contribution is 6.29. The molecule has 1 saturated heterocycles. The summed E-state index contributed by atoms with van der Waals surface area (Å²) in [5.41, 5.74) is 7.69. The zero-order valence-electron chi connectivity index (χ0n) is 9.17. The molecule has 1 unspecified atom stereocenters. The van der Waals surface area contributed by atoms with Crippen molar-refractivity contribution < 1.29 is 0 Å². The number of anilines is 1. The summed E-state index contributed by atoms with van der Waals surface area (Å²) in [7, 11) is 0. The molecule has 16 heavy (non-hydrogen) atoms. The van der Waals surface area contributed by atoms with Gasteiger partial charge in [-0.25, -0.2) is 4.98 Å². The average Bonchev–Trinajstić information content (AvgIpc) is 2.31. The second kappa shape index (κ2) is 5.48. The lowest BCUT2D eigenvalue weighted by Crippen LogP contribution is -2.38. The van der Waals surface area contributed by atoms with E-state index in [1.807, 2.05) is 6.07 Å². The first-order chi connectivity index (χ1) is 7.79. The molecule has 0 saturated carbocycles. The Morgan fingerprint density at radius 2 is 2.50 bits per heavy atom. The van der Waals surface area contributed by atoms with Gasteiger partial charge in [-0.05, 0) is 25.5 Å². The summed E-state index contributed by atoms with van der Waals surface area (Å²) in [4.78, 5) is 4.03. The van der Waals surface area contributed by atoms with E-state index in [0.717, 1.165) is 24.3 Å². The predicted molar refractivity (Wildman–Crippen MR) is 66.7 cm³/mol. The van der Waals surface area contributed by atoms with Gasteiger partial charge >= 0.3 is 0 Å². The molecule has 4 nitrogen and oxygen atoms in total. The Kier molecular flexibility index (Phi) is 3.98. The van der Waals surface area contributed by atoms with Crippen LogP contribution in [0.25, 0.3) is 0 Å². The van der Waals surface area contributed by atoms with Crippen molar-refractivity contribution in [2.24, 2.45) is 5.73 Å². The lowest BCUT2D eigenvalue weighted by Gasteiger charge is -2.25. The molecule has 2 rings (SSSR count). The molecule has 4 N–H and O–H groups in total. The first-order valence-corrected chi connectivity index (χ1v) is 5.99. The third kappa shape index (κ3) is 2.84. The third-order valence-corrected chi connectivity index (χ3v) is 3.04. The summed E-state index contributed by atoms with van der Waals surface area (Å²) in [6.45, 7) is 2.58. The zero-order valence-corrected chi connectivity index (χ0v) is 9.93. The molecule has 0 radical (unpaired) electrons. The van der Waals surface area contributed by atoms with Crippen LogP contribution in [0.15, 0.2) is 12.3 Å². The number of rotatable bonds is 3. The van der Waals surface area contributed by atoms with Crippen LogP contribution in [0.4, 0.5) is 5.69 Å². The van der Waals surface area contributed by atoms with Gasteiger partial charge in [0.15, 0.2) is 0 Å². The van der Waals surface area contributed by atoms with Crippen molar-refractivity contribution in [1.29, 1.82) is 0 Å². The molecule has 0 aliphatic carbocycles. The van der Waals surface area contributed by atoms with Crippen LogP contribution in [0.5, 0.6) is 0 Å². The smallest absolute Gasteiger partial charge is 0.131 e. The predicted octanol–water partition coefficient (Wildman–Crippen LogP) is 1.36. The third-order valence-electron chi connectivity index (χ3n) is 2.83. The number of aromatic nitrogens is 1. The van der Waals surface area contributed by atoms with Gasteiger partial charge in [-0.1, -0.05) is 11.6 Å². The van der Waals surface area contributed by atoms with E-state index in [0.29, 0.717) is 17.7 Å². The Bertz CT molecular complexity index is 350. The van der Waals surface area contributed by atoms with E-state index < -0.39 is 0 Å². The number of nitrogens with zero attached hydrogens (tertiary/aromatic N) is 1. The van der Waals surface area contributed by atoms with E-state index >= 15 is 0 Å². The fraction of sp³-hybridized carbons (Fsp3) is 0.545. The SMILES string of the molecule is NCc1cnc(Cl)cc1NC1CCCNC1. The Labute approximate surface area is 101 Å². The molecule has 0 spiro atoms. The van der Waals surface area contributed by atoms with Crippen LogP contribution in [0.2, 0.25) is 5.15 Å². The minimum absolute atomic E-state index is 0.456. The molecule has 88 valence electrons. The maximum Gasteiger partial charge on any atom is 0.131 e. The zero-order chi connectivity index (χ0) is 11.4. The number of piperidine rings is 1. The van der Waals surface area contributed by atoms with Gasteiger partial charge in [0.05, 0.1) is 0 Å². The highest BCUT2D eigenvalue weighted by Gasteiger charge is 2.14. The lowest BCUT2D eigenvalue weighted by molar-refractivity contribution is 0.479. The molecule has 2 heterocycles. The fourth-order valence-corrected chi connectivity index (χ4v) is 2.11. The van der Waals surface area contributed by atoms with Crippen LogP contribution in [-0.4, -0.2) is 24.1 Å². The minimum atomic E-state index is 0.456. The molecule has 1 fully saturated rings. The van der Waals surface area contributed by atoms with Crippen molar-refractivity contribution in [2.75, 3.05) is 18.4 Å². The van der Waals surface area contributed by atoms with Crippen LogP contribution in [0.1, 0.15) is 18.4 Å². The van der Waals surface area contributed by atoms with Gasteiger partial charge in [0.1, 0.15) is 5.15 Å². The summed E-state index contributed by atoms with van der Waals surface area (Å²) < 4.78 is 0. The van der Waals surface area contributed by atoms with Crippen LogP contribution in [0, 0.1) is 0 Å². The molecule has 0 aromatic carbocycles. The van der Waals surface area contributed by atoms with Gasteiger partial charge in [0.25, 0.3) is 0 Å². The largest absolute Gasteiger partial charge is 0.381 e. The van der Waals surface area contributed by atoms with Crippen LogP contribution < -0.4 is 16.4 Å². The lowest BCUT2D eigenvalue weighted by atomic mass is 10.1. The van der Waals surface area contributed by atoms with Gasteiger partial charge in [0, 0.05) is 36.6 Å². The van der Waals surface area contributed by atoms with Crippen molar-refractivity contribution in [3.63, 3.8) is 0 Å². The fourth-order valence-electron chi connectivity index (χ4n) is 1.95. The monoisotopic (exact) mass is 240 g/mol. The second-order valence-electron chi connectivity index (χ2n) is 4.06.